The van der Waals surface area contributed by atoms with Crippen molar-refractivity contribution in [1.29, 1.82) is 0 Å². The molecule has 21 heavy (non-hydrogen) atoms. The molecule has 1 N–H and O–H groups in total. The van der Waals surface area contributed by atoms with E-state index in [-0.39, 0.29) is 0 Å². The van der Waals surface area contributed by atoms with Crippen molar-refractivity contribution < 1.29 is 0 Å². The van der Waals surface area contributed by atoms with Crippen molar-refractivity contribution in [2.75, 3.05) is 7.05 Å². The number of nitrogens with one attached hydrogen (secondary N) is 1. The fraction of sp³-hybridized carbons (Fsp3) is 0.421. The summed E-state index contributed by atoms with van der Waals surface area (Å²) in [5.41, 5.74) is 4.51. The summed E-state index contributed by atoms with van der Waals surface area (Å²) in [4.78, 5) is 4.10. The summed E-state index contributed by atoms with van der Waals surface area (Å²) < 4.78 is 0. The maximum absolute atomic E-state index is 4.10. The van der Waals surface area contributed by atoms with E-state index in [0.29, 0.717) is 12.0 Å². The number of hydrogen-bond donors (Lipinski definition) is 1. The van der Waals surface area contributed by atoms with E-state index >= 15 is 0 Å². The van der Waals surface area contributed by atoms with Crippen LogP contribution < -0.4 is 5.32 Å². The largest absolute Gasteiger partial charge is 0.317 e. The highest BCUT2D eigenvalue weighted by atomic mass is 14.9. The van der Waals surface area contributed by atoms with Gasteiger partial charge in [0.25, 0.3) is 0 Å². The second kappa shape index (κ2) is 6.86. The van der Waals surface area contributed by atoms with Gasteiger partial charge in [-0.2, -0.15) is 0 Å². The molecule has 110 valence electrons. The molecule has 0 saturated heterocycles. The molecule has 2 atom stereocenters. The molecule has 1 heterocycles. The Morgan fingerprint density at radius 1 is 1.19 bits per heavy atom. The van der Waals surface area contributed by atoms with Gasteiger partial charge in [-0.1, -0.05) is 24.3 Å². The van der Waals surface area contributed by atoms with Crippen molar-refractivity contribution in [3.05, 3.63) is 65.5 Å². The second-order valence-electron chi connectivity index (χ2n) is 6.07. The van der Waals surface area contributed by atoms with Crippen molar-refractivity contribution in [3.63, 3.8) is 0 Å². The van der Waals surface area contributed by atoms with Crippen LogP contribution in [-0.4, -0.2) is 18.1 Å². The lowest BCUT2D eigenvalue weighted by Gasteiger charge is -2.29. The summed E-state index contributed by atoms with van der Waals surface area (Å²) in [7, 11) is 2.08. The number of aromatic nitrogens is 1. The predicted octanol–water partition coefficient (Wildman–Crippen LogP) is 3.72. The minimum Gasteiger partial charge on any atom is -0.317 e. The number of hydrogen-bond acceptors (Lipinski definition) is 2. The lowest BCUT2D eigenvalue weighted by molar-refractivity contribution is 0.428. The molecule has 1 aromatic heterocycles. The van der Waals surface area contributed by atoms with Crippen LogP contribution in [0.15, 0.2) is 48.8 Å². The third-order valence-corrected chi connectivity index (χ3v) is 4.70. The van der Waals surface area contributed by atoms with Crippen LogP contribution in [0.5, 0.6) is 0 Å². The summed E-state index contributed by atoms with van der Waals surface area (Å²) in [5, 5.41) is 3.51. The van der Waals surface area contributed by atoms with Crippen molar-refractivity contribution >= 4 is 0 Å². The van der Waals surface area contributed by atoms with Crippen molar-refractivity contribution in [2.24, 2.45) is 0 Å². The molecule has 3 rings (SSSR count). The Morgan fingerprint density at radius 2 is 2.00 bits per heavy atom. The number of nitrogens with zero attached hydrogens (tertiary/aromatic N) is 1. The highest BCUT2D eigenvalue weighted by molar-refractivity contribution is 5.32. The van der Waals surface area contributed by atoms with Crippen LogP contribution in [0, 0.1) is 0 Å². The van der Waals surface area contributed by atoms with Gasteiger partial charge in [0, 0.05) is 18.4 Å². The van der Waals surface area contributed by atoms with E-state index < -0.39 is 0 Å². The van der Waals surface area contributed by atoms with Gasteiger partial charge in [0.05, 0.1) is 0 Å². The monoisotopic (exact) mass is 280 g/mol. The van der Waals surface area contributed by atoms with Crippen LogP contribution in [0.3, 0.4) is 0 Å². The topological polar surface area (TPSA) is 24.9 Å². The molecule has 0 aliphatic heterocycles. The zero-order chi connectivity index (χ0) is 14.5. The lowest BCUT2D eigenvalue weighted by atomic mass is 9.79. The Balaban J connectivity index is 1.70. The van der Waals surface area contributed by atoms with E-state index in [9.17, 15) is 0 Å². The summed E-state index contributed by atoms with van der Waals surface area (Å²) >= 11 is 0. The van der Waals surface area contributed by atoms with E-state index in [1.165, 1.54) is 31.2 Å². The minimum absolute atomic E-state index is 0.531. The standard InChI is InChI=1S/C19H24N2/c1-20-18(13-15-9-11-21-12-10-15)14-17-7-4-6-16-5-2-3-8-19(16)17/h2-3,5,8-12,17-18,20H,4,6-7,13-14H2,1H3. The highest BCUT2D eigenvalue weighted by Crippen LogP contribution is 2.34. The third-order valence-electron chi connectivity index (χ3n) is 4.70. The van der Waals surface area contributed by atoms with Gasteiger partial charge in [0.15, 0.2) is 0 Å². The molecular formula is C19H24N2. The van der Waals surface area contributed by atoms with Crippen LogP contribution in [0.1, 0.15) is 41.9 Å². The number of benzene rings is 1. The van der Waals surface area contributed by atoms with Gasteiger partial charge in [-0.3, -0.25) is 4.98 Å². The summed E-state index contributed by atoms with van der Waals surface area (Å²) in [6, 6.07) is 13.8. The van der Waals surface area contributed by atoms with E-state index in [0.717, 1.165) is 6.42 Å². The molecule has 1 aliphatic carbocycles. The summed E-state index contributed by atoms with van der Waals surface area (Å²) in [6.45, 7) is 0. The van der Waals surface area contributed by atoms with Crippen molar-refractivity contribution in [2.45, 2.75) is 44.1 Å². The fourth-order valence-corrected chi connectivity index (χ4v) is 3.55. The maximum atomic E-state index is 4.10. The maximum Gasteiger partial charge on any atom is 0.0270 e. The van der Waals surface area contributed by atoms with Crippen molar-refractivity contribution in [1.82, 2.24) is 10.3 Å². The smallest absolute Gasteiger partial charge is 0.0270 e. The molecule has 2 heteroatoms. The van der Waals surface area contributed by atoms with Crippen LogP contribution >= 0.6 is 0 Å². The Labute approximate surface area is 127 Å². The minimum atomic E-state index is 0.531. The molecule has 0 bridgehead atoms. The van der Waals surface area contributed by atoms with Crippen LogP contribution in [0.4, 0.5) is 0 Å². The molecule has 0 spiro atoms. The van der Waals surface area contributed by atoms with Crippen molar-refractivity contribution in [3.8, 4) is 0 Å². The molecule has 0 radical (unpaired) electrons. The van der Waals surface area contributed by atoms with Gasteiger partial charge in [0.2, 0.25) is 0 Å². The second-order valence-corrected chi connectivity index (χ2v) is 6.07. The van der Waals surface area contributed by atoms with E-state index in [2.05, 4.69) is 53.7 Å². The average molecular weight is 280 g/mol. The van der Waals surface area contributed by atoms with Crippen LogP contribution in [0.25, 0.3) is 0 Å². The Morgan fingerprint density at radius 3 is 2.81 bits per heavy atom. The van der Waals surface area contributed by atoms with Gasteiger partial charge in [-0.15, -0.1) is 0 Å². The molecule has 2 aromatic rings. The predicted molar refractivity (Wildman–Crippen MR) is 87.5 cm³/mol. The molecule has 0 amide bonds. The van der Waals surface area contributed by atoms with Crippen LogP contribution in [-0.2, 0) is 12.8 Å². The first-order valence-corrected chi connectivity index (χ1v) is 8.01. The van der Waals surface area contributed by atoms with Gasteiger partial charge < -0.3 is 5.32 Å². The van der Waals surface area contributed by atoms with Crippen LogP contribution in [0.2, 0.25) is 0 Å². The normalized spacial score (nSPS) is 19.0. The number of likely N-dealkylation sites (N-methyl/N-ethyl adjacent to an activating group) is 1. The van der Waals surface area contributed by atoms with Gasteiger partial charge in [0.1, 0.15) is 0 Å². The number of pyridine rings is 1. The van der Waals surface area contributed by atoms with Gasteiger partial charge in [-0.25, -0.2) is 0 Å². The fourth-order valence-electron chi connectivity index (χ4n) is 3.55. The molecule has 1 aliphatic rings. The quantitative estimate of drug-likeness (QED) is 0.903. The Kier molecular flexibility index (Phi) is 4.66. The summed E-state index contributed by atoms with van der Waals surface area (Å²) in [5.74, 6) is 0.703. The molecule has 0 saturated carbocycles. The first-order chi connectivity index (χ1) is 10.4. The zero-order valence-electron chi connectivity index (χ0n) is 12.8. The molecular weight excluding hydrogens is 256 g/mol. The van der Waals surface area contributed by atoms with Gasteiger partial charge >= 0.3 is 0 Å². The Bertz CT molecular complexity index is 565. The average Bonchev–Trinajstić information content (AvgIpc) is 2.55. The zero-order valence-corrected chi connectivity index (χ0v) is 12.8. The number of aryl methyl sites for hydroxylation is 1. The molecule has 2 nitrogen and oxygen atoms in total. The number of fused-ring (bicyclic) bond motifs is 1. The lowest BCUT2D eigenvalue weighted by Crippen LogP contribution is -2.30. The van der Waals surface area contributed by atoms with E-state index in [4.69, 9.17) is 0 Å². The highest BCUT2D eigenvalue weighted by Gasteiger charge is 2.22. The third kappa shape index (κ3) is 3.51. The molecule has 1 aromatic carbocycles. The summed E-state index contributed by atoms with van der Waals surface area (Å²) in [6.07, 6.45) is 9.98. The molecule has 2 unspecified atom stereocenters. The molecule has 0 fully saturated rings. The van der Waals surface area contributed by atoms with E-state index in [1.807, 2.05) is 12.4 Å². The number of rotatable bonds is 5. The Hall–Kier alpha value is -1.67. The SMILES string of the molecule is CNC(Cc1ccncc1)CC1CCCc2ccccc21. The first kappa shape index (κ1) is 14.3. The van der Waals surface area contributed by atoms with E-state index in [1.54, 1.807) is 11.1 Å². The van der Waals surface area contributed by atoms with Gasteiger partial charge in [-0.05, 0) is 73.9 Å². The first-order valence-electron chi connectivity index (χ1n) is 8.01.